The number of cyclic esters (lactones) is 1. The summed E-state index contributed by atoms with van der Waals surface area (Å²) < 4.78 is 22.0. The molecule has 0 amide bonds. The number of carbonyl (C=O) groups is 1. The van der Waals surface area contributed by atoms with Crippen LogP contribution >= 0.6 is 15.9 Å². The Labute approximate surface area is 112 Å². The summed E-state index contributed by atoms with van der Waals surface area (Å²) in [4.78, 5) is 11.8. The number of hydrogen-bond donors (Lipinski definition) is 0. The van der Waals surface area contributed by atoms with Crippen molar-refractivity contribution in [2.45, 2.75) is 25.7 Å². The summed E-state index contributed by atoms with van der Waals surface area (Å²) in [6.07, 6.45) is -0.746. The third kappa shape index (κ3) is 1.85. The quantitative estimate of drug-likeness (QED) is 0.746. The molecule has 96 valence electrons. The Morgan fingerprint density at radius 2 is 1.94 bits per heavy atom. The average Bonchev–Trinajstić information content (AvgIpc) is 2.80. The molecule has 18 heavy (non-hydrogen) atoms. The molecule has 0 unspecified atom stereocenters. The number of halogens is 1. The molecule has 0 N–H and O–H groups in total. The van der Waals surface area contributed by atoms with Crippen molar-refractivity contribution < 1.29 is 23.7 Å². The van der Waals surface area contributed by atoms with E-state index in [1.165, 1.54) is 0 Å². The lowest BCUT2D eigenvalue weighted by atomic mass is 10.1. The minimum absolute atomic E-state index is 0.187. The molecule has 0 aliphatic carbocycles. The lowest BCUT2D eigenvalue weighted by molar-refractivity contribution is -0.160. The van der Waals surface area contributed by atoms with Crippen molar-refractivity contribution in [3.63, 3.8) is 0 Å². The minimum Gasteiger partial charge on any atom is -0.454 e. The third-order valence-electron chi connectivity index (χ3n) is 2.74. The fraction of sp³-hybridized carbons (Fsp3) is 0.417. The second kappa shape index (κ2) is 3.86. The van der Waals surface area contributed by atoms with Crippen molar-refractivity contribution in [3.8, 4) is 11.5 Å². The first kappa shape index (κ1) is 11.8. The van der Waals surface area contributed by atoms with E-state index >= 15 is 0 Å². The van der Waals surface area contributed by atoms with Crippen LogP contribution in [0.1, 0.15) is 25.5 Å². The molecular weight excluding hydrogens is 304 g/mol. The average molecular weight is 315 g/mol. The number of carbonyl (C=O) groups excluding carboxylic acids is 1. The maximum absolute atomic E-state index is 11.8. The van der Waals surface area contributed by atoms with Gasteiger partial charge >= 0.3 is 5.97 Å². The fourth-order valence-electron chi connectivity index (χ4n) is 1.98. The summed E-state index contributed by atoms with van der Waals surface area (Å²) in [6.45, 7) is 3.59. The highest BCUT2D eigenvalue weighted by atomic mass is 79.9. The number of ether oxygens (including phenoxy) is 4. The lowest BCUT2D eigenvalue weighted by Crippen LogP contribution is -2.20. The fourth-order valence-corrected chi connectivity index (χ4v) is 2.51. The van der Waals surface area contributed by atoms with E-state index in [0.29, 0.717) is 17.1 Å². The van der Waals surface area contributed by atoms with E-state index in [9.17, 15) is 4.79 Å². The van der Waals surface area contributed by atoms with E-state index in [4.69, 9.17) is 18.9 Å². The van der Waals surface area contributed by atoms with Crippen LogP contribution in [-0.2, 0) is 14.3 Å². The molecule has 5 nitrogen and oxygen atoms in total. The van der Waals surface area contributed by atoms with Crippen LogP contribution in [0.5, 0.6) is 11.5 Å². The van der Waals surface area contributed by atoms with Gasteiger partial charge in [0.1, 0.15) is 0 Å². The zero-order valence-corrected chi connectivity index (χ0v) is 11.4. The van der Waals surface area contributed by atoms with Gasteiger partial charge in [0, 0.05) is 23.9 Å². The van der Waals surface area contributed by atoms with Crippen LogP contribution in [0, 0.1) is 0 Å². The van der Waals surface area contributed by atoms with Gasteiger partial charge in [-0.25, -0.2) is 4.79 Å². The topological polar surface area (TPSA) is 54.0 Å². The number of esters is 1. The summed E-state index contributed by atoms with van der Waals surface area (Å²) in [6, 6.07) is 3.50. The summed E-state index contributed by atoms with van der Waals surface area (Å²) >= 11 is 3.40. The molecule has 0 bridgehead atoms. The number of fused-ring (bicyclic) bond motifs is 1. The van der Waals surface area contributed by atoms with Crippen molar-refractivity contribution in [1.82, 2.24) is 0 Å². The smallest absolute Gasteiger partial charge is 0.342 e. The van der Waals surface area contributed by atoms with Gasteiger partial charge in [0.15, 0.2) is 17.6 Å². The van der Waals surface area contributed by atoms with Crippen molar-refractivity contribution in [3.05, 3.63) is 22.2 Å². The van der Waals surface area contributed by atoms with Crippen LogP contribution in [-0.4, -0.2) is 18.5 Å². The molecule has 1 aromatic carbocycles. The second-order valence-electron chi connectivity index (χ2n) is 4.55. The van der Waals surface area contributed by atoms with Crippen molar-refractivity contribution >= 4 is 21.9 Å². The van der Waals surface area contributed by atoms with Gasteiger partial charge in [-0.15, -0.1) is 0 Å². The van der Waals surface area contributed by atoms with Gasteiger partial charge < -0.3 is 18.9 Å². The maximum Gasteiger partial charge on any atom is 0.342 e. The predicted molar refractivity (Wildman–Crippen MR) is 64.3 cm³/mol. The monoisotopic (exact) mass is 314 g/mol. The summed E-state index contributed by atoms with van der Waals surface area (Å²) in [7, 11) is 0. The Balaban J connectivity index is 2.00. The molecule has 2 aliphatic heterocycles. The van der Waals surface area contributed by atoms with Gasteiger partial charge in [-0.2, -0.15) is 0 Å². The summed E-state index contributed by atoms with van der Waals surface area (Å²) in [5.41, 5.74) is 0.676. The standard InChI is InChI=1S/C12H11BrO5/c1-12(2)17-10(11(14)18-12)6-3-8-9(4-7(6)13)16-5-15-8/h3-4,10H,5H2,1-2H3/t10-/m1/s1. The van der Waals surface area contributed by atoms with E-state index < -0.39 is 17.9 Å². The Morgan fingerprint density at radius 1 is 1.28 bits per heavy atom. The van der Waals surface area contributed by atoms with E-state index in [-0.39, 0.29) is 6.79 Å². The predicted octanol–water partition coefficient (Wildman–Crippen LogP) is 2.53. The second-order valence-corrected chi connectivity index (χ2v) is 5.40. The van der Waals surface area contributed by atoms with Crippen molar-refractivity contribution in [1.29, 1.82) is 0 Å². The largest absolute Gasteiger partial charge is 0.454 e. The molecular formula is C12H11BrO5. The molecule has 0 radical (unpaired) electrons. The normalized spacial score (nSPS) is 24.2. The molecule has 0 spiro atoms. The van der Waals surface area contributed by atoms with Crippen LogP contribution in [0.2, 0.25) is 0 Å². The van der Waals surface area contributed by atoms with Gasteiger partial charge in [-0.3, -0.25) is 0 Å². The van der Waals surface area contributed by atoms with Crippen LogP contribution in [0.4, 0.5) is 0 Å². The minimum atomic E-state index is -0.905. The first-order valence-corrected chi connectivity index (χ1v) is 6.25. The van der Waals surface area contributed by atoms with Crippen molar-refractivity contribution in [2.75, 3.05) is 6.79 Å². The van der Waals surface area contributed by atoms with E-state index in [1.807, 2.05) is 0 Å². The Bertz CT molecular complexity index is 525. The highest BCUT2D eigenvalue weighted by molar-refractivity contribution is 9.10. The van der Waals surface area contributed by atoms with E-state index in [0.717, 1.165) is 4.47 Å². The Morgan fingerprint density at radius 3 is 2.56 bits per heavy atom. The number of hydrogen-bond acceptors (Lipinski definition) is 5. The highest BCUT2D eigenvalue weighted by Crippen LogP contribution is 2.43. The van der Waals surface area contributed by atoms with E-state index in [1.54, 1.807) is 26.0 Å². The summed E-state index contributed by atoms with van der Waals surface area (Å²) in [5, 5.41) is 0. The van der Waals surface area contributed by atoms with Gasteiger partial charge in [0.2, 0.25) is 12.6 Å². The van der Waals surface area contributed by atoms with Crippen LogP contribution in [0.3, 0.4) is 0 Å². The zero-order chi connectivity index (χ0) is 12.9. The molecule has 0 aromatic heterocycles. The van der Waals surface area contributed by atoms with Crippen LogP contribution < -0.4 is 9.47 Å². The molecule has 2 heterocycles. The van der Waals surface area contributed by atoms with Gasteiger partial charge in [0.25, 0.3) is 0 Å². The maximum atomic E-state index is 11.8. The summed E-state index contributed by atoms with van der Waals surface area (Å²) in [5.74, 6) is -0.0532. The first-order chi connectivity index (χ1) is 8.46. The number of rotatable bonds is 1. The van der Waals surface area contributed by atoms with Gasteiger partial charge in [0.05, 0.1) is 0 Å². The molecule has 1 fully saturated rings. The molecule has 1 saturated heterocycles. The van der Waals surface area contributed by atoms with Crippen LogP contribution in [0.15, 0.2) is 16.6 Å². The molecule has 0 saturated carbocycles. The van der Waals surface area contributed by atoms with E-state index in [2.05, 4.69) is 15.9 Å². The third-order valence-corrected chi connectivity index (χ3v) is 3.42. The molecule has 2 aliphatic rings. The van der Waals surface area contributed by atoms with Gasteiger partial charge in [-0.1, -0.05) is 15.9 Å². The number of benzene rings is 1. The molecule has 6 heteroatoms. The SMILES string of the molecule is CC1(C)OC(=O)[C@@H](c2cc3c(cc2Br)OCO3)O1. The van der Waals surface area contributed by atoms with Crippen molar-refractivity contribution in [2.24, 2.45) is 0 Å². The lowest BCUT2D eigenvalue weighted by Gasteiger charge is -2.16. The highest BCUT2D eigenvalue weighted by Gasteiger charge is 2.43. The molecule has 3 rings (SSSR count). The van der Waals surface area contributed by atoms with Gasteiger partial charge in [-0.05, 0) is 12.1 Å². The molecule has 1 atom stereocenters. The molecule has 1 aromatic rings. The first-order valence-electron chi connectivity index (χ1n) is 5.46. The Kier molecular flexibility index (Phi) is 2.53. The van der Waals surface area contributed by atoms with Crippen LogP contribution in [0.25, 0.3) is 0 Å². The Hall–Kier alpha value is -1.27. The zero-order valence-electron chi connectivity index (χ0n) is 9.86.